The van der Waals surface area contributed by atoms with Crippen molar-refractivity contribution in [1.29, 1.82) is 0 Å². The molecule has 2 aromatic heterocycles. The fourth-order valence-corrected chi connectivity index (χ4v) is 2.41. The van der Waals surface area contributed by atoms with E-state index < -0.39 is 0 Å². The number of aromatic nitrogens is 4. The summed E-state index contributed by atoms with van der Waals surface area (Å²) in [6.07, 6.45) is 8.30. The molecule has 0 saturated carbocycles. The highest BCUT2D eigenvalue weighted by Gasteiger charge is 2.10. The summed E-state index contributed by atoms with van der Waals surface area (Å²) >= 11 is 3.37. The number of pyridine rings is 1. The highest BCUT2D eigenvalue weighted by Crippen LogP contribution is 2.12. The molecule has 2 aromatic rings. The van der Waals surface area contributed by atoms with Crippen LogP contribution in [-0.4, -0.2) is 19.7 Å². The van der Waals surface area contributed by atoms with E-state index >= 15 is 0 Å². The number of rotatable bonds is 8. The number of unbranched alkanes of at least 4 members (excludes halogenated alkanes) is 2. The number of hydrogen-bond acceptors (Lipinski definition) is 3. The number of aryl methyl sites for hydroxylation is 2. The Balaban J connectivity index is 2.14. The summed E-state index contributed by atoms with van der Waals surface area (Å²) in [6, 6.07) is 4.06. The third-order valence-electron chi connectivity index (χ3n) is 3.42. The third kappa shape index (κ3) is 4.92. The molecule has 0 saturated heterocycles. The van der Waals surface area contributed by atoms with Gasteiger partial charge in [0.1, 0.15) is 10.4 Å². The van der Waals surface area contributed by atoms with Gasteiger partial charge in [0, 0.05) is 25.6 Å². The molecule has 0 fully saturated rings. The summed E-state index contributed by atoms with van der Waals surface area (Å²) in [5, 5.41) is 4.67. The van der Waals surface area contributed by atoms with E-state index in [0.29, 0.717) is 0 Å². The number of hydrogen-bond donors (Lipinski definition) is 0. The normalized spacial score (nSPS) is 11.0. The topological polar surface area (TPSA) is 43.6 Å². The van der Waals surface area contributed by atoms with Crippen molar-refractivity contribution in [3.63, 3.8) is 0 Å². The summed E-state index contributed by atoms with van der Waals surface area (Å²) in [4.78, 5) is 9.01. The molecule has 2 heterocycles. The monoisotopic (exact) mass is 350 g/mol. The summed E-state index contributed by atoms with van der Waals surface area (Å²) in [5.41, 5.74) is 1.17. The lowest BCUT2D eigenvalue weighted by molar-refractivity contribution is 0.544. The van der Waals surface area contributed by atoms with Crippen molar-refractivity contribution < 1.29 is 0 Å². The molecule has 0 N–H and O–H groups in total. The number of nitrogens with zero attached hydrogens (tertiary/aromatic N) is 4. The Bertz CT molecular complexity index is 548. The highest BCUT2D eigenvalue weighted by atomic mass is 79.9. The molecule has 0 amide bonds. The van der Waals surface area contributed by atoms with Gasteiger partial charge in [-0.25, -0.2) is 14.6 Å². The van der Waals surface area contributed by atoms with Crippen molar-refractivity contribution in [2.24, 2.45) is 0 Å². The zero-order valence-corrected chi connectivity index (χ0v) is 14.4. The van der Waals surface area contributed by atoms with Gasteiger partial charge in [-0.05, 0) is 40.4 Å². The first-order chi connectivity index (χ1) is 10.2. The lowest BCUT2D eigenvalue weighted by Gasteiger charge is -2.05. The molecule has 0 aliphatic heterocycles. The Morgan fingerprint density at radius 3 is 2.62 bits per heavy atom. The van der Waals surface area contributed by atoms with Crippen molar-refractivity contribution in [2.75, 3.05) is 0 Å². The number of halogens is 1. The maximum Gasteiger partial charge on any atom is 0.150 e. The smallest absolute Gasteiger partial charge is 0.150 e. The van der Waals surface area contributed by atoms with Gasteiger partial charge in [-0.15, -0.1) is 0 Å². The quantitative estimate of drug-likeness (QED) is 0.671. The fraction of sp³-hybridized carbons (Fsp3) is 0.562. The van der Waals surface area contributed by atoms with Crippen LogP contribution in [0.25, 0.3) is 0 Å². The molecule has 0 aromatic carbocycles. The van der Waals surface area contributed by atoms with Gasteiger partial charge in [0.05, 0.1) is 0 Å². The van der Waals surface area contributed by atoms with E-state index in [0.717, 1.165) is 48.5 Å². The van der Waals surface area contributed by atoms with E-state index in [9.17, 15) is 0 Å². The van der Waals surface area contributed by atoms with Gasteiger partial charge in [0.25, 0.3) is 0 Å². The highest BCUT2D eigenvalue weighted by molar-refractivity contribution is 9.10. The minimum atomic E-state index is 0.795. The fourth-order valence-electron chi connectivity index (χ4n) is 2.18. The van der Waals surface area contributed by atoms with Crippen molar-refractivity contribution in [1.82, 2.24) is 19.7 Å². The van der Waals surface area contributed by atoms with E-state index in [2.05, 4.69) is 50.6 Å². The summed E-state index contributed by atoms with van der Waals surface area (Å²) in [7, 11) is 0. The maximum absolute atomic E-state index is 4.73. The SMILES string of the molecule is CCCCc1nc(Cc2ccc(Br)nc2)n(CCCC)n1. The van der Waals surface area contributed by atoms with Gasteiger partial charge in [0.2, 0.25) is 0 Å². The molecule has 2 rings (SSSR count). The van der Waals surface area contributed by atoms with Crippen molar-refractivity contribution in [3.05, 3.63) is 40.1 Å². The van der Waals surface area contributed by atoms with Crippen LogP contribution in [0.4, 0.5) is 0 Å². The molecule has 0 aliphatic rings. The molecular formula is C16H23BrN4. The Labute approximate surface area is 135 Å². The summed E-state index contributed by atoms with van der Waals surface area (Å²) in [5.74, 6) is 2.03. The third-order valence-corrected chi connectivity index (χ3v) is 3.89. The molecule has 114 valence electrons. The Morgan fingerprint density at radius 1 is 1.14 bits per heavy atom. The first-order valence-corrected chi connectivity index (χ1v) is 8.55. The molecular weight excluding hydrogens is 328 g/mol. The Morgan fingerprint density at radius 2 is 1.95 bits per heavy atom. The molecule has 0 atom stereocenters. The van der Waals surface area contributed by atoms with Gasteiger partial charge < -0.3 is 0 Å². The predicted molar refractivity (Wildman–Crippen MR) is 88.3 cm³/mol. The van der Waals surface area contributed by atoms with Gasteiger partial charge in [-0.3, -0.25) is 0 Å². The molecule has 0 bridgehead atoms. The minimum absolute atomic E-state index is 0.795. The van der Waals surface area contributed by atoms with Crippen LogP contribution in [0.1, 0.15) is 56.7 Å². The van der Waals surface area contributed by atoms with Crippen molar-refractivity contribution in [2.45, 2.75) is 58.9 Å². The van der Waals surface area contributed by atoms with Crippen molar-refractivity contribution >= 4 is 15.9 Å². The molecule has 0 radical (unpaired) electrons. The molecule has 5 heteroatoms. The van der Waals surface area contributed by atoms with Crippen LogP contribution in [0, 0.1) is 0 Å². The minimum Gasteiger partial charge on any atom is -0.249 e. The van der Waals surface area contributed by atoms with Crippen molar-refractivity contribution in [3.8, 4) is 0 Å². The summed E-state index contributed by atoms with van der Waals surface area (Å²) in [6.45, 7) is 5.35. The average Bonchev–Trinajstić information content (AvgIpc) is 2.87. The second-order valence-corrected chi connectivity index (χ2v) is 6.10. The zero-order chi connectivity index (χ0) is 15.1. The van der Waals surface area contributed by atoms with Crippen LogP contribution in [0.15, 0.2) is 22.9 Å². The van der Waals surface area contributed by atoms with E-state index in [1.807, 2.05) is 12.3 Å². The lowest BCUT2D eigenvalue weighted by atomic mass is 10.2. The van der Waals surface area contributed by atoms with E-state index in [-0.39, 0.29) is 0 Å². The Hall–Kier alpha value is -1.23. The maximum atomic E-state index is 4.73. The average molecular weight is 351 g/mol. The van der Waals surface area contributed by atoms with Gasteiger partial charge in [-0.1, -0.05) is 32.8 Å². The van der Waals surface area contributed by atoms with Crippen LogP contribution in [-0.2, 0) is 19.4 Å². The lowest BCUT2D eigenvalue weighted by Crippen LogP contribution is -2.06. The van der Waals surface area contributed by atoms with Gasteiger partial charge >= 0.3 is 0 Å². The second kappa shape index (κ2) is 8.27. The Kier molecular flexibility index (Phi) is 6.36. The van der Waals surface area contributed by atoms with Crippen LogP contribution in [0.5, 0.6) is 0 Å². The summed E-state index contributed by atoms with van der Waals surface area (Å²) < 4.78 is 2.94. The molecule has 0 aliphatic carbocycles. The standard InChI is InChI=1S/C16H23BrN4/c1-3-5-7-15-19-16(21(20-15)10-6-4-2)11-13-8-9-14(17)18-12-13/h8-9,12H,3-7,10-11H2,1-2H3. The van der Waals surface area contributed by atoms with E-state index in [1.165, 1.54) is 18.4 Å². The first kappa shape index (κ1) is 16.1. The van der Waals surface area contributed by atoms with Crippen LogP contribution in [0.3, 0.4) is 0 Å². The van der Waals surface area contributed by atoms with Crippen LogP contribution in [0.2, 0.25) is 0 Å². The molecule has 0 spiro atoms. The first-order valence-electron chi connectivity index (χ1n) is 7.76. The van der Waals surface area contributed by atoms with Crippen LogP contribution >= 0.6 is 15.9 Å². The van der Waals surface area contributed by atoms with E-state index in [1.54, 1.807) is 0 Å². The van der Waals surface area contributed by atoms with E-state index in [4.69, 9.17) is 4.98 Å². The zero-order valence-electron chi connectivity index (χ0n) is 12.8. The second-order valence-electron chi connectivity index (χ2n) is 5.29. The molecule has 0 unspecified atom stereocenters. The molecule has 21 heavy (non-hydrogen) atoms. The predicted octanol–water partition coefficient (Wildman–Crippen LogP) is 4.17. The van der Waals surface area contributed by atoms with Gasteiger partial charge in [-0.2, -0.15) is 5.10 Å². The molecule has 4 nitrogen and oxygen atoms in total. The van der Waals surface area contributed by atoms with Crippen LogP contribution < -0.4 is 0 Å². The largest absolute Gasteiger partial charge is 0.249 e. The van der Waals surface area contributed by atoms with Gasteiger partial charge in [0.15, 0.2) is 5.82 Å².